The number of benzene rings is 2. The average Bonchev–Trinajstić information content (AvgIpc) is 2.54. The monoisotopic (exact) mass is 336 g/mol. The fourth-order valence-corrected chi connectivity index (χ4v) is 2.38. The summed E-state index contributed by atoms with van der Waals surface area (Å²) in [5, 5.41) is 0. The van der Waals surface area contributed by atoms with E-state index in [1.54, 1.807) is 43.3 Å². The van der Waals surface area contributed by atoms with E-state index < -0.39 is 10.3 Å². The van der Waals surface area contributed by atoms with Gasteiger partial charge in [0, 0.05) is 23.3 Å². The summed E-state index contributed by atoms with van der Waals surface area (Å²) < 4.78 is 3.09. The number of Topliss-reactive ketones (excluding diaryl/α,β-unsaturated/α-hetero) is 1. The van der Waals surface area contributed by atoms with Crippen molar-refractivity contribution in [1.29, 1.82) is 0 Å². The van der Waals surface area contributed by atoms with Crippen LogP contribution in [0.3, 0.4) is 0 Å². The van der Waals surface area contributed by atoms with Crippen LogP contribution in [0, 0.1) is 0 Å². The molecule has 0 aromatic heterocycles. The molecule has 0 N–H and O–H groups in total. The molecule has 2 rings (SSSR count). The Hall–Kier alpha value is -1.68. The smallest absolute Gasteiger partial charge is 0.282 e. The maximum atomic E-state index is 12.3. The molecule has 0 atom stereocenters. The SMILES string of the molecule is CCOC(Cl)(Cl)C(=O)c1ccc(C(=O)c2ccccc2)cc1. The van der Waals surface area contributed by atoms with Crippen molar-refractivity contribution in [2.24, 2.45) is 0 Å². The number of carbonyl (C=O) groups is 2. The Morgan fingerprint density at radius 1 is 0.909 bits per heavy atom. The zero-order valence-corrected chi connectivity index (χ0v) is 13.4. The highest BCUT2D eigenvalue weighted by atomic mass is 35.5. The van der Waals surface area contributed by atoms with Gasteiger partial charge in [0.1, 0.15) is 0 Å². The zero-order valence-electron chi connectivity index (χ0n) is 11.9. The lowest BCUT2D eigenvalue weighted by molar-refractivity contribution is 0.0574. The molecule has 0 unspecified atom stereocenters. The first-order valence-corrected chi connectivity index (χ1v) is 7.47. The van der Waals surface area contributed by atoms with Crippen molar-refractivity contribution in [3.63, 3.8) is 0 Å². The molecule has 0 aliphatic heterocycles. The van der Waals surface area contributed by atoms with E-state index >= 15 is 0 Å². The van der Waals surface area contributed by atoms with E-state index in [1.165, 1.54) is 12.1 Å². The van der Waals surface area contributed by atoms with E-state index in [0.29, 0.717) is 11.1 Å². The molecule has 0 fully saturated rings. The van der Waals surface area contributed by atoms with Crippen LogP contribution in [0.1, 0.15) is 33.2 Å². The Morgan fingerprint density at radius 2 is 1.41 bits per heavy atom. The molecule has 2 aromatic carbocycles. The van der Waals surface area contributed by atoms with Gasteiger partial charge in [-0.2, -0.15) is 0 Å². The van der Waals surface area contributed by atoms with Gasteiger partial charge in [-0.15, -0.1) is 0 Å². The summed E-state index contributed by atoms with van der Waals surface area (Å²) in [5.74, 6) is -0.677. The van der Waals surface area contributed by atoms with Gasteiger partial charge in [0.05, 0.1) is 0 Å². The number of alkyl halides is 2. The molecule has 3 nitrogen and oxygen atoms in total. The molecule has 0 aliphatic carbocycles. The summed E-state index contributed by atoms with van der Waals surface area (Å²) in [6, 6.07) is 15.1. The van der Waals surface area contributed by atoms with E-state index in [2.05, 4.69) is 0 Å². The highest BCUT2D eigenvalue weighted by Gasteiger charge is 2.35. The van der Waals surface area contributed by atoms with E-state index in [4.69, 9.17) is 27.9 Å². The van der Waals surface area contributed by atoms with Crippen LogP contribution in [-0.4, -0.2) is 22.7 Å². The molecule has 114 valence electrons. The minimum Gasteiger partial charge on any atom is -0.341 e. The van der Waals surface area contributed by atoms with Gasteiger partial charge in [-0.25, -0.2) is 0 Å². The minimum absolute atomic E-state index is 0.118. The summed E-state index contributed by atoms with van der Waals surface area (Å²) in [4.78, 5) is 24.4. The minimum atomic E-state index is -1.92. The lowest BCUT2D eigenvalue weighted by Crippen LogP contribution is -2.29. The van der Waals surface area contributed by atoms with Crippen molar-refractivity contribution in [1.82, 2.24) is 0 Å². The lowest BCUT2D eigenvalue weighted by Gasteiger charge is -2.17. The van der Waals surface area contributed by atoms with E-state index in [1.807, 2.05) is 6.07 Å². The number of hydrogen-bond acceptors (Lipinski definition) is 3. The summed E-state index contributed by atoms with van der Waals surface area (Å²) >= 11 is 11.7. The average molecular weight is 337 g/mol. The van der Waals surface area contributed by atoms with Crippen molar-refractivity contribution in [2.75, 3.05) is 6.61 Å². The molecule has 0 heterocycles. The molecule has 0 saturated heterocycles. The van der Waals surface area contributed by atoms with Crippen LogP contribution < -0.4 is 0 Å². The maximum Gasteiger partial charge on any atom is 0.282 e. The fraction of sp³-hybridized carbons (Fsp3) is 0.176. The fourth-order valence-electron chi connectivity index (χ4n) is 1.94. The molecule has 0 spiro atoms. The first kappa shape index (κ1) is 16.7. The highest BCUT2D eigenvalue weighted by molar-refractivity contribution is 6.58. The van der Waals surface area contributed by atoms with Crippen LogP contribution in [0.4, 0.5) is 0 Å². The molecule has 0 radical (unpaired) electrons. The molecular weight excluding hydrogens is 323 g/mol. The molecule has 5 heteroatoms. The van der Waals surface area contributed by atoms with Crippen molar-refractivity contribution in [2.45, 2.75) is 11.4 Å². The quantitative estimate of drug-likeness (QED) is 0.584. The van der Waals surface area contributed by atoms with Gasteiger partial charge in [0.2, 0.25) is 5.78 Å². The van der Waals surface area contributed by atoms with Gasteiger partial charge in [0.25, 0.3) is 4.52 Å². The molecule has 2 aromatic rings. The predicted octanol–water partition coefficient (Wildman–Crippen LogP) is 4.27. The van der Waals surface area contributed by atoms with Crippen LogP contribution in [0.2, 0.25) is 0 Å². The second-order valence-electron chi connectivity index (χ2n) is 4.55. The predicted molar refractivity (Wildman–Crippen MR) is 86.7 cm³/mol. The first-order valence-electron chi connectivity index (χ1n) is 6.72. The molecule has 0 saturated carbocycles. The van der Waals surface area contributed by atoms with Crippen molar-refractivity contribution < 1.29 is 14.3 Å². The summed E-state index contributed by atoms with van der Waals surface area (Å²) in [5.41, 5.74) is 1.34. The normalized spacial score (nSPS) is 11.2. The molecule has 0 aliphatic rings. The Kier molecular flexibility index (Phi) is 5.35. The molecular formula is C17H14Cl2O3. The Morgan fingerprint density at radius 3 is 1.95 bits per heavy atom. The van der Waals surface area contributed by atoms with Gasteiger partial charge in [-0.3, -0.25) is 9.59 Å². The van der Waals surface area contributed by atoms with Crippen LogP contribution in [0.25, 0.3) is 0 Å². The Bertz CT molecular complexity index is 664. The Labute approximate surface area is 138 Å². The molecule has 22 heavy (non-hydrogen) atoms. The lowest BCUT2D eigenvalue weighted by atomic mass is 10.0. The summed E-state index contributed by atoms with van der Waals surface area (Å²) in [7, 11) is 0. The highest BCUT2D eigenvalue weighted by Crippen LogP contribution is 2.27. The number of halogens is 2. The van der Waals surface area contributed by atoms with Crippen molar-refractivity contribution >= 4 is 34.8 Å². The molecule has 0 amide bonds. The largest absolute Gasteiger partial charge is 0.341 e. The summed E-state index contributed by atoms with van der Waals surface area (Å²) in [6.45, 7) is 1.90. The van der Waals surface area contributed by atoms with E-state index in [9.17, 15) is 9.59 Å². The van der Waals surface area contributed by atoms with Crippen molar-refractivity contribution in [3.05, 3.63) is 71.3 Å². The number of carbonyl (C=O) groups excluding carboxylic acids is 2. The van der Waals surface area contributed by atoms with Crippen LogP contribution in [-0.2, 0) is 4.74 Å². The summed E-state index contributed by atoms with van der Waals surface area (Å²) in [6.07, 6.45) is 0. The zero-order chi connectivity index (χ0) is 16.2. The van der Waals surface area contributed by atoms with Gasteiger partial charge in [-0.05, 0) is 6.92 Å². The van der Waals surface area contributed by atoms with Gasteiger partial charge >= 0.3 is 0 Å². The second-order valence-corrected chi connectivity index (χ2v) is 5.81. The second kappa shape index (κ2) is 7.05. The topological polar surface area (TPSA) is 43.4 Å². The van der Waals surface area contributed by atoms with Crippen LogP contribution in [0.5, 0.6) is 0 Å². The third kappa shape index (κ3) is 3.74. The number of rotatable bonds is 6. The third-order valence-electron chi connectivity index (χ3n) is 3.04. The van der Waals surface area contributed by atoms with Gasteiger partial charge in [-0.1, -0.05) is 77.8 Å². The Balaban J connectivity index is 2.21. The first-order chi connectivity index (χ1) is 10.5. The van der Waals surface area contributed by atoms with E-state index in [0.717, 1.165) is 0 Å². The van der Waals surface area contributed by atoms with Crippen molar-refractivity contribution in [3.8, 4) is 0 Å². The van der Waals surface area contributed by atoms with Crippen LogP contribution in [0.15, 0.2) is 54.6 Å². The third-order valence-corrected chi connectivity index (χ3v) is 3.60. The maximum absolute atomic E-state index is 12.3. The van der Waals surface area contributed by atoms with Gasteiger partial charge in [0.15, 0.2) is 5.78 Å². The van der Waals surface area contributed by atoms with E-state index in [-0.39, 0.29) is 18.0 Å². The number of ketones is 2. The number of hydrogen-bond donors (Lipinski definition) is 0. The number of ether oxygens (including phenoxy) is 1. The molecule has 0 bridgehead atoms. The standard InChI is InChI=1S/C17H14Cl2O3/c1-2-22-17(18,19)16(21)14-10-8-13(9-11-14)15(20)12-6-4-3-5-7-12/h3-11H,2H2,1H3. The van der Waals surface area contributed by atoms with Gasteiger partial charge < -0.3 is 4.74 Å². The van der Waals surface area contributed by atoms with Crippen LogP contribution >= 0.6 is 23.2 Å².